The number of nitrogens with one attached hydrogen (secondary N) is 2. The minimum absolute atomic E-state index is 0.00906. The number of hydrogen-bond donors (Lipinski definition) is 3. The fourth-order valence-electron chi connectivity index (χ4n) is 4.90. The Morgan fingerprint density at radius 1 is 1.28 bits per heavy atom. The normalized spacial score (nSPS) is 26.1. The van der Waals surface area contributed by atoms with Gasteiger partial charge in [-0.1, -0.05) is 55.2 Å². The van der Waals surface area contributed by atoms with Crippen LogP contribution in [0.25, 0.3) is 0 Å². The lowest BCUT2D eigenvalue weighted by Crippen LogP contribution is -2.45. The molecule has 4 nitrogen and oxygen atoms in total. The second-order valence-corrected chi connectivity index (χ2v) is 9.56. The Hall–Kier alpha value is -1.66. The molecule has 0 aliphatic carbocycles. The van der Waals surface area contributed by atoms with Gasteiger partial charge in [-0.3, -0.25) is 4.79 Å². The molecule has 1 fully saturated rings. The first-order valence-corrected chi connectivity index (χ1v) is 10.4. The summed E-state index contributed by atoms with van der Waals surface area (Å²) >= 11 is 12.2. The fraction of sp³-hybridized carbons (Fsp3) is 0.409. The van der Waals surface area contributed by atoms with E-state index >= 15 is 4.39 Å². The van der Waals surface area contributed by atoms with Crippen molar-refractivity contribution >= 4 is 34.8 Å². The van der Waals surface area contributed by atoms with Crippen LogP contribution in [0.5, 0.6) is 0 Å². The van der Waals surface area contributed by atoms with E-state index in [0.717, 1.165) is 5.56 Å². The average Bonchev–Trinajstić information content (AvgIpc) is 3.16. The van der Waals surface area contributed by atoms with Crippen molar-refractivity contribution in [2.24, 2.45) is 11.3 Å². The molecule has 2 heterocycles. The molecule has 0 saturated carbocycles. The molecule has 2 aromatic rings. The van der Waals surface area contributed by atoms with E-state index in [0.29, 0.717) is 29.2 Å². The van der Waals surface area contributed by atoms with Crippen molar-refractivity contribution < 1.29 is 14.3 Å². The number of benzene rings is 2. The van der Waals surface area contributed by atoms with Gasteiger partial charge in [0.05, 0.1) is 16.5 Å². The molecule has 1 spiro atoms. The van der Waals surface area contributed by atoms with Gasteiger partial charge in [0.25, 0.3) is 0 Å². The largest absolute Gasteiger partial charge is 0.396 e. The van der Waals surface area contributed by atoms with Gasteiger partial charge in [0, 0.05) is 29.4 Å². The Balaban J connectivity index is 1.92. The minimum Gasteiger partial charge on any atom is -0.396 e. The van der Waals surface area contributed by atoms with Crippen molar-refractivity contribution in [3.8, 4) is 0 Å². The molecule has 0 radical (unpaired) electrons. The summed E-state index contributed by atoms with van der Waals surface area (Å²) in [5, 5.41) is 16.7. The highest BCUT2D eigenvalue weighted by molar-refractivity contribution is 6.31. The van der Waals surface area contributed by atoms with Gasteiger partial charge < -0.3 is 15.7 Å². The molecule has 0 unspecified atom stereocenters. The smallest absolute Gasteiger partial charge is 0.237 e. The van der Waals surface area contributed by atoms with Crippen molar-refractivity contribution in [1.82, 2.24) is 5.32 Å². The molecule has 1 saturated heterocycles. The molecule has 0 aromatic heterocycles. The lowest BCUT2D eigenvalue weighted by atomic mass is 9.63. The van der Waals surface area contributed by atoms with Crippen LogP contribution in [0.4, 0.5) is 10.1 Å². The summed E-state index contributed by atoms with van der Waals surface area (Å²) in [6.07, 6.45) is 0.588. The van der Waals surface area contributed by atoms with Crippen LogP contribution in [-0.4, -0.2) is 24.2 Å². The van der Waals surface area contributed by atoms with E-state index in [1.807, 2.05) is 19.9 Å². The monoisotopic (exact) mass is 436 g/mol. The van der Waals surface area contributed by atoms with Crippen molar-refractivity contribution in [2.45, 2.75) is 31.7 Å². The number of carbonyl (C=O) groups excluding carboxylic acids is 1. The summed E-state index contributed by atoms with van der Waals surface area (Å²) in [4.78, 5) is 13.5. The Morgan fingerprint density at radius 2 is 2.03 bits per heavy atom. The number of rotatable bonds is 4. The number of halogens is 3. The quantitative estimate of drug-likeness (QED) is 0.651. The summed E-state index contributed by atoms with van der Waals surface area (Å²) in [6, 6.07) is 9.58. The van der Waals surface area contributed by atoms with Gasteiger partial charge in [0.2, 0.25) is 5.91 Å². The number of fused-ring (bicyclic) bond motifs is 2. The second kappa shape index (κ2) is 7.24. The molecule has 154 valence electrons. The van der Waals surface area contributed by atoms with Crippen LogP contribution in [0.3, 0.4) is 0 Å². The minimum atomic E-state index is -1.03. The molecule has 4 rings (SSSR count). The average molecular weight is 437 g/mol. The summed E-state index contributed by atoms with van der Waals surface area (Å²) in [5.74, 6) is -0.873. The lowest BCUT2D eigenvalue weighted by molar-refractivity contribution is -0.123. The van der Waals surface area contributed by atoms with Crippen LogP contribution in [0.15, 0.2) is 36.4 Å². The van der Waals surface area contributed by atoms with Crippen molar-refractivity contribution in [3.05, 3.63) is 63.4 Å². The first kappa shape index (κ1) is 20.6. The maximum atomic E-state index is 15.0. The lowest BCUT2D eigenvalue weighted by Gasteiger charge is -2.37. The summed E-state index contributed by atoms with van der Waals surface area (Å²) in [6.45, 7) is 4.42. The molecule has 29 heavy (non-hydrogen) atoms. The van der Waals surface area contributed by atoms with E-state index < -0.39 is 22.7 Å². The number of aliphatic hydroxyl groups is 1. The van der Waals surface area contributed by atoms with Gasteiger partial charge in [0.1, 0.15) is 5.82 Å². The third-order valence-corrected chi connectivity index (χ3v) is 6.77. The first-order chi connectivity index (χ1) is 13.7. The first-order valence-electron chi connectivity index (χ1n) is 9.60. The predicted molar refractivity (Wildman–Crippen MR) is 113 cm³/mol. The highest BCUT2D eigenvalue weighted by Crippen LogP contribution is 2.56. The van der Waals surface area contributed by atoms with Gasteiger partial charge in [-0.25, -0.2) is 4.39 Å². The van der Waals surface area contributed by atoms with E-state index in [1.165, 1.54) is 6.07 Å². The van der Waals surface area contributed by atoms with Crippen molar-refractivity contribution in [3.63, 3.8) is 0 Å². The molecule has 3 atom stereocenters. The molecule has 1 amide bonds. The second-order valence-electron chi connectivity index (χ2n) is 8.72. The van der Waals surface area contributed by atoms with Crippen LogP contribution >= 0.6 is 23.2 Å². The molecular weight excluding hydrogens is 414 g/mol. The zero-order valence-electron chi connectivity index (χ0n) is 16.2. The Morgan fingerprint density at radius 3 is 2.76 bits per heavy atom. The molecule has 2 aliphatic heterocycles. The van der Waals surface area contributed by atoms with E-state index in [-0.39, 0.29) is 23.5 Å². The predicted octanol–water partition coefficient (Wildman–Crippen LogP) is 4.69. The maximum absolute atomic E-state index is 15.0. The summed E-state index contributed by atoms with van der Waals surface area (Å²) in [5.41, 5.74) is 0.374. The summed E-state index contributed by atoms with van der Waals surface area (Å²) < 4.78 is 15.0. The van der Waals surface area contributed by atoms with E-state index in [2.05, 4.69) is 10.6 Å². The number of amides is 1. The zero-order valence-corrected chi connectivity index (χ0v) is 17.7. The standard InChI is InChI=1S/C22H23Cl2FN2O2/c1-21(2,11-28)9-12-10-26-19(14-4-3-5-16(24)18(14)25)22(12)15-7-6-13(23)8-17(15)27-20(22)29/h3-8,12,19,26,28H,9-11H2,1-2H3,(H,27,29)/t12-,19-,22+/m1/s1. The van der Waals surface area contributed by atoms with Crippen molar-refractivity contribution in [1.29, 1.82) is 0 Å². The summed E-state index contributed by atoms with van der Waals surface area (Å²) in [7, 11) is 0. The zero-order chi connectivity index (χ0) is 21.0. The van der Waals surface area contributed by atoms with Gasteiger partial charge in [-0.15, -0.1) is 0 Å². The molecular formula is C22H23Cl2FN2O2. The van der Waals surface area contributed by atoms with Crippen LogP contribution in [0, 0.1) is 17.2 Å². The maximum Gasteiger partial charge on any atom is 0.237 e. The van der Waals surface area contributed by atoms with Crippen molar-refractivity contribution in [2.75, 3.05) is 18.5 Å². The molecule has 2 aromatic carbocycles. The number of anilines is 1. The molecule has 7 heteroatoms. The number of aliphatic hydroxyl groups excluding tert-OH is 1. The molecule has 2 aliphatic rings. The third-order valence-electron chi connectivity index (χ3n) is 6.24. The highest BCUT2D eigenvalue weighted by atomic mass is 35.5. The molecule has 3 N–H and O–H groups in total. The number of hydrogen-bond acceptors (Lipinski definition) is 3. The van der Waals surface area contributed by atoms with Crippen LogP contribution in [-0.2, 0) is 10.2 Å². The van der Waals surface area contributed by atoms with Crippen LogP contribution in [0.1, 0.15) is 37.4 Å². The Bertz CT molecular complexity index is 981. The van der Waals surface area contributed by atoms with Gasteiger partial charge in [-0.05, 0) is 41.5 Å². The highest BCUT2D eigenvalue weighted by Gasteiger charge is 2.61. The third kappa shape index (κ3) is 3.15. The Kier molecular flexibility index (Phi) is 5.14. The van der Waals surface area contributed by atoms with Gasteiger partial charge in [0.15, 0.2) is 0 Å². The SMILES string of the molecule is CC(C)(CO)C[C@@H]1CN[C@H](c2cccc(Cl)c2F)[C@]12C(=O)Nc1cc(Cl)ccc12. The fourth-order valence-corrected chi connectivity index (χ4v) is 5.26. The van der Waals surface area contributed by atoms with Crippen LogP contribution in [0.2, 0.25) is 10.0 Å². The van der Waals surface area contributed by atoms with Crippen LogP contribution < -0.4 is 10.6 Å². The molecule has 0 bridgehead atoms. The van der Waals surface area contributed by atoms with E-state index in [9.17, 15) is 9.90 Å². The number of carbonyl (C=O) groups is 1. The topological polar surface area (TPSA) is 61.4 Å². The Labute approximate surface area is 179 Å². The van der Waals surface area contributed by atoms with E-state index in [1.54, 1.807) is 24.3 Å². The van der Waals surface area contributed by atoms with Gasteiger partial charge in [-0.2, -0.15) is 0 Å². The van der Waals surface area contributed by atoms with Gasteiger partial charge >= 0.3 is 0 Å². The van der Waals surface area contributed by atoms with E-state index in [4.69, 9.17) is 23.2 Å².